The molecular weight excluding hydrogens is 418 g/mol. The van der Waals surface area contributed by atoms with Gasteiger partial charge in [-0.25, -0.2) is 4.79 Å². The van der Waals surface area contributed by atoms with Crippen LogP contribution in [0, 0.1) is 0 Å². The Morgan fingerprint density at radius 3 is 2.52 bits per heavy atom. The first-order valence-corrected chi connectivity index (χ1v) is 10.3. The first-order valence-electron chi connectivity index (χ1n) is 9.51. The summed E-state index contributed by atoms with van der Waals surface area (Å²) < 4.78 is 11.5. The van der Waals surface area contributed by atoms with Gasteiger partial charge in [0.05, 0.1) is 17.1 Å². The zero-order valence-corrected chi connectivity index (χ0v) is 17.7. The molecule has 1 N–H and O–H groups in total. The molecule has 0 spiro atoms. The fourth-order valence-electron chi connectivity index (χ4n) is 2.84. The molecule has 3 rings (SSSR count). The number of carbonyl (C=O) groups is 3. The Bertz CT molecular complexity index is 1040. The van der Waals surface area contributed by atoms with Crippen molar-refractivity contribution in [3.63, 3.8) is 0 Å². The number of hydrogen-bond acceptors (Lipinski definition) is 6. The van der Waals surface area contributed by atoms with E-state index in [1.807, 2.05) is 6.92 Å². The Hall–Kier alpha value is -3.52. The first-order chi connectivity index (χ1) is 14.9. The van der Waals surface area contributed by atoms with Crippen LogP contribution in [0.4, 0.5) is 4.79 Å². The van der Waals surface area contributed by atoms with Gasteiger partial charge in [-0.1, -0.05) is 24.3 Å². The number of rotatable bonds is 9. The van der Waals surface area contributed by atoms with Gasteiger partial charge in [0.25, 0.3) is 11.1 Å². The maximum atomic E-state index is 12.4. The average molecular weight is 439 g/mol. The van der Waals surface area contributed by atoms with Gasteiger partial charge < -0.3 is 14.6 Å². The maximum absolute atomic E-state index is 12.4. The fourth-order valence-corrected chi connectivity index (χ4v) is 3.69. The van der Waals surface area contributed by atoms with E-state index in [1.54, 1.807) is 36.4 Å². The lowest BCUT2D eigenvalue weighted by Crippen LogP contribution is -2.27. The van der Waals surface area contributed by atoms with Crippen molar-refractivity contribution in [2.45, 2.75) is 13.5 Å². The van der Waals surface area contributed by atoms with Gasteiger partial charge in [-0.3, -0.25) is 14.5 Å². The highest BCUT2D eigenvalue weighted by molar-refractivity contribution is 8.18. The summed E-state index contributed by atoms with van der Waals surface area (Å²) in [6.45, 7) is 6.24. The molecule has 31 heavy (non-hydrogen) atoms. The number of nitrogens with zero attached hydrogens (tertiary/aromatic N) is 1. The van der Waals surface area contributed by atoms with E-state index in [4.69, 9.17) is 14.6 Å². The highest BCUT2D eigenvalue weighted by atomic mass is 32.2. The molecule has 1 aliphatic rings. The van der Waals surface area contributed by atoms with Gasteiger partial charge in [-0.15, -0.1) is 6.58 Å². The third kappa shape index (κ3) is 5.35. The number of thioether (sulfide) groups is 1. The summed E-state index contributed by atoms with van der Waals surface area (Å²) in [5, 5.41) is 8.65. The first kappa shape index (κ1) is 22.2. The number of carboxylic acids is 1. The van der Waals surface area contributed by atoms with E-state index in [1.165, 1.54) is 18.2 Å². The second-order valence-corrected chi connectivity index (χ2v) is 7.50. The van der Waals surface area contributed by atoms with Crippen molar-refractivity contribution < 1.29 is 29.0 Å². The standard InChI is InChI=1S/C23H21NO6S/c1-3-11-24-21(25)20(31-23(24)28)13-16-7-10-18(19(12-16)29-4-2)30-14-15-5-8-17(9-6-15)22(26)27/h3,5-10,12-13H,1,4,11,14H2,2H3,(H,26,27). The number of carboxylic acid groups (broad SMARTS) is 1. The van der Waals surface area contributed by atoms with Crippen LogP contribution in [-0.4, -0.2) is 40.3 Å². The lowest BCUT2D eigenvalue weighted by atomic mass is 10.1. The SMILES string of the molecule is C=CCN1C(=O)SC(=Cc2ccc(OCc3ccc(C(=O)O)cc3)c(OCC)c2)C1=O. The molecule has 7 nitrogen and oxygen atoms in total. The molecule has 0 bridgehead atoms. The largest absolute Gasteiger partial charge is 0.490 e. The number of aromatic carboxylic acids is 1. The summed E-state index contributed by atoms with van der Waals surface area (Å²) in [6.07, 6.45) is 3.15. The van der Waals surface area contributed by atoms with E-state index >= 15 is 0 Å². The van der Waals surface area contributed by atoms with Crippen molar-refractivity contribution in [3.8, 4) is 11.5 Å². The van der Waals surface area contributed by atoms with E-state index in [9.17, 15) is 14.4 Å². The molecule has 0 saturated carbocycles. The third-order valence-corrected chi connectivity index (χ3v) is 5.25. The van der Waals surface area contributed by atoms with Gasteiger partial charge in [0.2, 0.25) is 0 Å². The van der Waals surface area contributed by atoms with Gasteiger partial charge in [0.1, 0.15) is 6.61 Å². The number of benzene rings is 2. The number of ether oxygens (including phenoxy) is 2. The summed E-state index contributed by atoms with van der Waals surface area (Å²) in [5.74, 6) is -0.313. The summed E-state index contributed by atoms with van der Waals surface area (Å²) in [7, 11) is 0. The van der Waals surface area contributed by atoms with E-state index < -0.39 is 5.97 Å². The normalized spacial score (nSPS) is 14.7. The van der Waals surface area contributed by atoms with Crippen LogP contribution in [0.15, 0.2) is 60.0 Å². The molecule has 160 valence electrons. The topological polar surface area (TPSA) is 93.1 Å². The van der Waals surface area contributed by atoms with Crippen molar-refractivity contribution >= 4 is 35.0 Å². The van der Waals surface area contributed by atoms with Gasteiger partial charge >= 0.3 is 5.97 Å². The molecule has 0 aromatic heterocycles. The molecule has 1 aliphatic heterocycles. The van der Waals surface area contributed by atoms with Gasteiger partial charge in [-0.2, -0.15) is 0 Å². The van der Waals surface area contributed by atoms with Crippen LogP contribution in [0.5, 0.6) is 11.5 Å². The van der Waals surface area contributed by atoms with Crippen LogP contribution in [-0.2, 0) is 11.4 Å². The number of hydrogen-bond donors (Lipinski definition) is 1. The molecule has 0 unspecified atom stereocenters. The maximum Gasteiger partial charge on any atom is 0.335 e. The van der Waals surface area contributed by atoms with E-state index in [2.05, 4.69) is 6.58 Å². The Morgan fingerprint density at radius 2 is 1.87 bits per heavy atom. The summed E-state index contributed by atoms with van der Waals surface area (Å²) in [4.78, 5) is 36.8. The Kier molecular flexibility index (Phi) is 7.15. The van der Waals surface area contributed by atoms with Gasteiger partial charge in [0.15, 0.2) is 11.5 Å². The molecule has 2 amide bonds. The number of carbonyl (C=O) groups excluding carboxylic acids is 2. The summed E-state index contributed by atoms with van der Waals surface area (Å²) in [6, 6.07) is 11.7. The van der Waals surface area contributed by atoms with Crippen LogP contribution >= 0.6 is 11.8 Å². The van der Waals surface area contributed by atoms with Crippen molar-refractivity contribution in [1.29, 1.82) is 0 Å². The summed E-state index contributed by atoms with van der Waals surface area (Å²) in [5.41, 5.74) is 1.72. The lowest BCUT2D eigenvalue weighted by Gasteiger charge is -2.13. The predicted molar refractivity (Wildman–Crippen MR) is 118 cm³/mol. The molecule has 2 aromatic carbocycles. The molecule has 1 fully saturated rings. The van der Waals surface area contributed by atoms with Gasteiger partial charge in [-0.05, 0) is 60.2 Å². The third-order valence-electron chi connectivity index (χ3n) is 4.35. The van der Waals surface area contributed by atoms with Crippen molar-refractivity contribution in [2.75, 3.05) is 13.2 Å². The van der Waals surface area contributed by atoms with Crippen molar-refractivity contribution in [3.05, 3.63) is 76.7 Å². The molecule has 0 radical (unpaired) electrons. The predicted octanol–water partition coefficient (Wildman–Crippen LogP) is 4.58. The van der Waals surface area contributed by atoms with E-state index in [0.29, 0.717) is 28.6 Å². The highest BCUT2D eigenvalue weighted by Gasteiger charge is 2.34. The lowest BCUT2D eigenvalue weighted by molar-refractivity contribution is -0.122. The molecule has 8 heteroatoms. The van der Waals surface area contributed by atoms with Crippen LogP contribution in [0.2, 0.25) is 0 Å². The fraction of sp³-hybridized carbons (Fsp3) is 0.174. The second-order valence-electron chi connectivity index (χ2n) is 6.51. The quantitative estimate of drug-likeness (QED) is 0.451. The van der Waals surface area contributed by atoms with E-state index in [-0.39, 0.29) is 29.9 Å². The molecular formula is C23H21NO6S. The summed E-state index contributed by atoms with van der Waals surface area (Å²) >= 11 is 0.888. The zero-order valence-electron chi connectivity index (χ0n) is 16.9. The minimum absolute atomic E-state index is 0.173. The highest BCUT2D eigenvalue weighted by Crippen LogP contribution is 2.34. The molecule has 1 heterocycles. The van der Waals surface area contributed by atoms with Crippen LogP contribution in [0.25, 0.3) is 6.08 Å². The number of amides is 2. The van der Waals surface area contributed by atoms with Crippen molar-refractivity contribution in [2.24, 2.45) is 0 Å². The minimum atomic E-state index is -0.982. The Morgan fingerprint density at radius 1 is 1.13 bits per heavy atom. The van der Waals surface area contributed by atoms with E-state index in [0.717, 1.165) is 22.2 Å². The number of imide groups is 1. The monoisotopic (exact) mass is 439 g/mol. The zero-order chi connectivity index (χ0) is 22.4. The van der Waals surface area contributed by atoms with Crippen molar-refractivity contribution in [1.82, 2.24) is 4.90 Å². The second kappa shape index (κ2) is 9.99. The average Bonchev–Trinajstić information content (AvgIpc) is 3.01. The van der Waals surface area contributed by atoms with Crippen LogP contribution in [0.1, 0.15) is 28.4 Å². The Balaban J connectivity index is 1.76. The molecule has 0 aliphatic carbocycles. The minimum Gasteiger partial charge on any atom is -0.490 e. The molecule has 1 saturated heterocycles. The molecule has 2 aromatic rings. The Labute approximate surface area is 184 Å². The van der Waals surface area contributed by atoms with Gasteiger partial charge in [0, 0.05) is 6.54 Å². The molecule has 0 atom stereocenters. The van der Waals surface area contributed by atoms with Crippen LogP contribution in [0.3, 0.4) is 0 Å². The smallest absolute Gasteiger partial charge is 0.335 e. The van der Waals surface area contributed by atoms with Crippen LogP contribution < -0.4 is 9.47 Å².